The lowest BCUT2D eigenvalue weighted by molar-refractivity contribution is 0.102. The van der Waals surface area contributed by atoms with Crippen LogP contribution in [0.2, 0.25) is 10.0 Å². The Morgan fingerprint density at radius 2 is 1.22 bits per heavy atom. The van der Waals surface area contributed by atoms with E-state index in [4.69, 9.17) is 40.2 Å². The Labute approximate surface area is 172 Å². The molecule has 3 aromatic carbocycles. The molecule has 0 aliphatic carbocycles. The predicted molar refractivity (Wildman–Crippen MR) is 114 cm³/mol. The fourth-order valence-corrected chi connectivity index (χ4v) is 2.66. The van der Waals surface area contributed by atoms with Gasteiger partial charge in [0.1, 0.15) is 5.75 Å². The molecule has 0 atom stereocenters. The summed E-state index contributed by atoms with van der Waals surface area (Å²) >= 11 is 16.9. The molecular weight excluding hydrogens is 403 g/mol. The van der Waals surface area contributed by atoms with Crippen LogP contribution in [-0.2, 0) is 0 Å². The van der Waals surface area contributed by atoms with Gasteiger partial charge in [0.2, 0.25) is 0 Å². The lowest BCUT2D eigenvalue weighted by Crippen LogP contribution is -2.16. The Hall–Kier alpha value is -2.60. The number of benzene rings is 3. The number of nitrogens with one attached hydrogen (secondary N) is 2. The second kappa shape index (κ2) is 8.86. The van der Waals surface area contributed by atoms with E-state index in [1.807, 2.05) is 0 Å². The molecule has 0 aromatic heterocycles. The van der Waals surface area contributed by atoms with Crippen molar-refractivity contribution in [1.29, 1.82) is 0 Å². The highest BCUT2D eigenvalue weighted by Gasteiger charge is 2.07. The van der Waals surface area contributed by atoms with Gasteiger partial charge in [-0.25, -0.2) is 0 Å². The van der Waals surface area contributed by atoms with Crippen LogP contribution >= 0.6 is 35.4 Å². The molecule has 1 amide bonds. The Bertz CT molecular complexity index is 943. The summed E-state index contributed by atoms with van der Waals surface area (Å²) in [6, 6.07) is 20.6. The van der Waals surface area contributed by atoms with Gasteiger partial charge in [0.05, 0.1) is 0 Å². The highest BCUT2D eigenvalue weighted by atomic mass is 35.5. The van der Waals surface area contributed by atoms with Crippen LogP contribution < -0.4 is 15.4 Å². The van der Waals surface area contributed by atoms with Gasteiger partial charge in [-0.1, -0.05) is 23.2 Å². The van der Waals surface area contributed by atoms with E-state index in [0.29, 0.717) is 27.0 Å². The molecule has 27 heavy (non-hydrogen) atoms. The lowest BCUT2D eigenvalue weighted by atomic mass is 10.2. The fraction of sp³-hybridized carbons (Fsp3) is 0. The van der Waals surface area contributed by atoms with Gasteiger partial charge < -0.3 is 15.4 Å². The molecule has 3 aromatic rings. The maximum absolute atomic E-state index is 12.3. The van der Waals surface area contributed by atoms with Gasteiger partial charge in [0.25, 0.3) is 11.1 Å². The largest absolute Gasteiger partial charge is 0.432 e. The molecule has 0 fully saturated rings. The molecule has 4 nitrogen and oxygen atoms in total. The lowest BCUT2D eigenvalue weighted by Gasteiger charge is -2.10. The van der Waals surface area contributed by atoms with Crippen LogP contribution in [0.3, 0.4) is 0 Å². The van der Waals surface area contributed by atoms with Crippen molar-refractivity contribution in [2.24, 2.45) is 0 Å². The van der Waals surface area contributed by atoms with Crippen molar-refractivity contribution in [3.63, 3.8) is 0 Å². The summed E-state index contributed by atoms with van der Waals surface area (Å²) in [6.45, 7) is 0. The third-order valence-electron chi connectivity index (χ3n) is 3.52. The van der Waals surface area contributed by atoms with E-state index in [9.17, 15) is 4.79 Å². The molecule has 0 heterocycles. The molecule has 7 heteroatoms. The molecule has 0 unspecified atom stereocenters. The first kappa shape index (κ1) is 19.2. The van der Waals surface area contributed by atoms with Crippen LogP contribution in [-0.4, -0.2) is 11.1 Å². The second-order valence-corrected chi connectivity index (χ2v) is 6.75. The zero-order valence-electron chi connectivity index (χ0n) is 13.9. The number of amides is 1. The summed E-state index contributed by atoms with van der Waals surface area (Å²) in [5.41, 5.74) is 1.93. The normalized spacial score (nSPS) is 10.1. The molecule has 0 aliphatic heterocycles. The first-order chi connectivity index (χ1) is 13.0. The topological polar surface area (TPSA) is 50.4 Å². The highest BCUT2D eigenvalue weighted by Crippen LogP contribution is 2.18. The van der Waals surface area contributed by atoms with Crippen LogP contribution in [0, 0.1) is 0 Å². The van der Waals surface area contributed by atoms with Crippen molar-refractivity contribution in [3.05, 3.63) is 88.4 Å². The summed E-state index contributed by atoms with van der Waals surface area (Å²) in [4.78, 5) is 12.3. The van der Waals surface area contributed by atoms with Gasteiger partial charge in [-0.2, -0.15) is 0 Å². The maximum Gasteiger partial charge on any atom is 0.266 e. The minimum atomic E-state index is -0.231. The minimum absolute atomic E-state index is 0.190. The van der Waals surface area contributed by atoms with E-state index in [0.717, 1.165) is 5.69 Å². The van der Waals surface area contributed by atoms with E-state index in [1.165, 1.54) is 0 Å². The molecule has 0 saturated carbocycles. The summed E-state index contributed by atoms with van der Waals surface area (Å²) in [5, 5.41) is 7.19. The van der Waals surface area contributed by atoms with Crippen molar-refractivity contribution in [2.45, 2.75) is 0 Å². The fourth-order valence-electron chi connectivity index (χ4n) is 2.19. The average Bonchev–Trinajstić information content (AvgIpc) is 2.66. The number of ether oxygens (including phenoxy) is 1. The van der Waals surface area contributed by atoms with Crippen molar-refractivity contribution < 1.29 is 9.53 Å². The molecule has 3 rings (SSSR count). The molecule has 0 aliphatic rings. The van der Waals surface area contributed by atoms with Crippen molar-refractivity contribution in [2.75, 3.05) is 10.6 Å². The van der Waals surface area contributed by atoms with Crippen LogP contribution in [0.1, 0.15) is 10.4 Å². The Morgan fingerprint density at radius 3 is 1.74 bits per heavy atom. The Morgan fingerprint density at radius 1 is 0.741 bits per heavy atom. The van der Waals surface area contributed by atoms with Gasteiger partial charge in [-0.15, -0.1) is 0 Å². The average molecular weight is 417 g/mol. The van der Waals surface area contributed by atoms with Crippen LogP contribution in [0.5, 0.6) is 5.75 Å². The third kappa shape index (κ3) is 5.69. The van der Waals surface area contributed by atoms with Crippen LogP contribution in [0.4, 0.5) is 11.4 Å². The van der Waals surface area contributed by atoms with Gasteiger partial charge in [-0.05, 0) is 85.0 Å². The Balaban J connectivity index is 1.57. The van der Waals surface area contributed by atoms with E-state index in [-0.39, 0.29) is 11.1 Å². The standard InChI is InChI=1S/C20H14Cl2N2O2S/c21-14-3-7-16(8-4-14)23-19(25)13-1-11-18(12-2-13)26-20(27)24-17-9-5-15(22)6-10-17/h1-12H,(H,23,25)(H,24,27). The van der Waals surface area contributed by atoms with Gasteiger partial charge >= 0.3 is 0 Å². The second-order valence-electron chi connectivity index (χ2n) is 5.51. The summed E-state index contributed by atoms with van der Waals surface area (Å²) < 4.78 is 5.56. The molecule has 0 bridgehead atoms. The SMILES string of the molecule is O=C(Nc1ccc(Cl)cc1)c1ccc(OC(=S)Nc2ccc(Cl)cc2)cc1. The molecule has 0 saturated heterocycles. The molecule has 136 valence electrons. The minimum Gasteiger partial charge on any atom is -0.432 e. The maximum atomic E-state index is 12.3. The number of halogens is 2. The zero-order valence-corrected chi connectivity index (χ0v) is 16.2. The van der Waals surface area contributed by atoms with Gasteiger partial charge in [0.15, 0.2) is 0 Å². The molecule has 0 radical (unpaired) electrons. The summed E-state index contributed by atoms with van der Waals surface area (Å²) in [5.74, 6) is 0.287. The summed E-state index contributed by atoms with van der Waals surface area (Å²) in [7, 11) is 0. The number of anilines is 2. The number of carbonyl (C=O) groups excluding carboxylic acids is 1. The first-order valence-electron chi connectivity index (χ1n) is 7.91. The number of carbonyl (C=O) groups is 1. The van der Waals surface area contributed by atoms with E-state index < -0.39 is 0 Å². The first-order valence-corrected chi connectivity index (χ1v) is 9.07. The molecule has 2 N–H and O–H groups in total. The predicted octanol–water partition coefficient (Wildman–Crippen LogP) is 6.02. The molecule has 0 spiro atoms. The number of rotatable bonds is 4. The van der Waals surface area contributed by atoms with Crippen LogP contribution in [0.15, 0.2) is 72.8 Å². The van der Waals surface area contributed by atoms with E-state index in [2.05, 4.69) is 10.6 Å². The quantitative estimate of drug-likeness (QED) is 0.510. The zero-order chi connectivity index (χ0) is 19.2. The third-order valence-corrected chi connectivity index (χ3v) is 4.21. The van der Waals surface area contributed by atoms with Crippen LogP contribution in [0.25, 0.3) is 0 Å². The summed E-state index contributed by atoms with van der Waals surface area (Å²) in [6.07, 6.45) is 0. The monoisotopic (exact) mass is 416 g/mol. The smallest absolute Gasteiger partial charge is 0.266 e. The Kier molecular flexibility index (Phi) is 6.29. The van der Waals surface area contributed by atoms with E-state index >= 15 is 0 Å². The van der Waals surface area contributed by atoms with Crippen molar-refractivity contribution in [3.8, 4) is 5.75 Å². The number of thiocarbonyl (C=S) groups is 1. The van der Waals surface area contributed by atoms with Gasteiger partial charge in [0, 0.05) is 27.0 Å². The van der Waals surface area contributed by atoms with Gasteiger partial charge in [-0.3, -0.25) is 4.79 Å². The number of hydrogen-bond acceptors (Lipinski definition) is 3. The van der Waals surface area contributed by atoms with Crippen molar-refractivity contribution >= 4 is 57.9 Å². The highest BCUT2D eigenvalue weighted by molar-refractivity contribution is 7.80. The van der Waals surface area contributed by atoms with E-state index in [1.54, 1.807) is 72.8 Å². The number of hydrogen-bond donors (Lipinski definition) is 2. The van der Waals surface area contributed by atoms with Crippen molar-refractivity contribution in [1.82, 2.24) is 0 Å². The molecular formula is C20H14Cl2N2O2S.